The molecule has 3 rings (SSSR count). The molecule has 1 aliphatic carbocycles. The number of anilines is 1. The molecule has 108 valence electrons. The van der Waals surface area contributed by atoms with Crippen LogP contribution in [0, 0.1) is 5.92 Å². The average Bonchev–Trinajstić information content (AvgIpc) is 3.01. The van der Waals surface area contributed by atoms with E-state index in [2.05, 4.69) is 41.0 Å². The van der Waals surface area contributed by atoms with Crippen LogP contribution in [0.4, 0.5) is 5.69 Å². The lowest BCUT2D eigenvalue weighted by Crippen LogP contribution is -2.54. The first-order valence-corrected chi connectivity index (χ1v) is 7.86. The van der Waals surface area contributed by atoms with Gasteiger partial charge in [-0.25, -0.2) is 0 Å². The van der Waals surface area contributed by atoms with Gasteiger partial charge in [-0.1, -0.05) is 31.0 Å². The van der Waals surface area contributed by atoms with Gasteiger partial charge in [-0.2, -0.15) is 0 Å². The number of nitrogens with zero attached hydrogens (tertiary/aromatic N) is 2. The van der Waals surface area contributed by atoms with Crippen LogP contribution in [0.2, 0.25) is 0 Å². The summed E-state index contributed by atoms with van der Waals surface area (Å²) >= 11 is 0. The predicted molar refractivity (Wildman–Crippen MR) is 81.8 cm³/mol. The van der Waals surface area contributed by atoms with Crippen LogP contribution in [0.15, 0.2) is 30.3 Å². The molecular weight excluding hydrogens is 248 g/mol. The van der Waals surface area contributed by atoms with Crippen molar-refractivity contribution < 1.29 is 4.79 Å². The van der Waals surface area contributed by atoms with E-state index >= 15 is 0 Å². The molecule has 1 unspecified atom stereocenters. The smallest absolute Gasteiger partial charge is 0.225 e. The highest BCUT2D eigenvalue weighted by Gasteiger charge is 2.31. The Labute approximate surface area is 121 Å². The second-order valence-electron chi connectivity index (χ2n) is 6.14. The summed E-state index contributed by atoms with van der Waals surface area (Å²) in [6, 6.07) is 10.9. The molecule has 2 fully saturated rings. The van der Waals surface area contributed by atoms with Gasteiger partial charge in [0, 0.05) is 37.3 Å². The van der Waals surface area contributed by atoms with E-state index in [4.69, 9.17) is 0 Å². The van der Waals surface area contributed by atoms with Crippen molar-refractivity contribution in [2.75, 3.05) is 24.5 Å². The molecule has 1 saturated heterocycles. The molecule has 20 heavy (non-hydrogen) atoms. The number of rotatable bonds is 2. The molecule has 1 amide bonds. The zero-order valence-electron chi connectivity index (χ0n) is 12.3. The number of para-hydroxylation sites is 1. The van der Waals surface area contributed by atoms with E-state index in [-0.39, 0.29) is 0 Å². The zero-order valence-corrected chi connectivity index (χ0v) is 12.3. The molecule has 1 atom stereocenters. The molecule has 1 aromatic carbocycles. The number of hydrogen-bond acceptors (Lipinski definition) is 2. The van der Waals surface area contributed by atoms with E-state index in [0.717, 1.165) is 32.5 Å². The summed E-state index contributed by atoms with van der Waals surface area (Å²) in [5.41, 5.74) is 1.27. The molecule has 0 spiro atoms. The maximum atomic E-state index is 12.5. The Kier molecular flexibility index (Phi) is 3.95. The fourth-order valence-electron chi connectivity index (χ4n) is 3.59. The van der Waals surface area contributed by atoms with Gasteiger partial charge in [0.05, 0.1) is 0 Å². The first-order valence-electron chi connectivity index (χ1n) is 7.86. The fourth-order valence-corrected chi connectivity index (χ4v) is 3.59. The Hall–Kier alpha value is -1.51. The SMILES string of the molecule is CC1CN(C(=O)C2CCCC2)CCN1c1ccccc1. The van der Waals surface area contributed by atoms with Crippen molar-refractivity contribution in [2.24, 2.45) is 5.92 Å². The van der Waals surface area contributed by atoms with Gasteiger partial charge in [0.25, 0.3) is 0 Å². The molecule has 1 saturated carbocycles. The molecule has 2 aliphatic rings. The molecule has 1 heterocycles. The van der Waals surface area contributed by atoms with E-state index in [9.17, 15) is 4.79 Å². The highest BCUT2D eigenvalue weighted by Crippen LogP contribution is 2.28. The summed E-state index contributed by atoms with van der Waals surface area (Å²) in [4.78, 5) is 17.0. The lowest BCUT2D eigenvalue weighted by Gasteiger charge is -2.42. The van der Waals surface area contributed by atoms with Gasteiger partial charge >= 0.3 is 0 Å². The van der Waals surface area contributed by atoms with Crippen molar-refractivity contribution in [1.29, 1.82) is 0 Å². The molecule has 0 aromatic heterocycles. The van der Waals surface area contributed by atoms with Crippen molar-refractivity contribution in [2.45, 2.75) is 38.6 Å². The number of hydrogen-bond donors (Lipinski definition) is 0. The van der Waals surface area contributed by atoms with E-state index < -0.39 is 0 Å². The fraction of sp³-hybridized carbons (Fsp3) is 0.588. The third-order valence-corrected chi connectivity index (χ3v) is 4.73. The van der Waals surface area contributed by atoms with Crippen molar-refractivity contribution in [1.82, 2.24) is 4.90 Å². The molecule has 3 heteroatoms. The van der Waals surface area contributed by atoms with Crippen molar-refractivity contribution in [3.05, 3.63) is 30.3 Å². The average molecular weight is 272 g/mol. The monoisotopic (exact) mass is 272 g/mol. The highest BCUT2D eigenvalue weighted by molar-refractivity contribution is 5.79. The standard InChI is InChI=1S/C17H24N2O/c1-14-13-18(17(20)15-7-5-6-8-15)11-12-19(14)16-9-3-2-4-10-16/h2-4,9-10,14-15H,5-8,11-13H2,1H3. The Bertz CT molecular complexity index is 453. The van der Waals surface area contributed by atoms with Crippen LogP contribution < -0.4 is 4.90 Å². The van der Waals surface area contributed by atoms with Crippen LogP contribution in [-0.4, -0.2) is 36.5 Å². The molecular formula is C17H24N2O. The molecule has 0 bridgehead atoms. The third-order valence-electron chi connectivity index (χ3n) is 4.73. The number of carbonyl (C=O) groups excluding carboxylic acids is 1. The lowest BCUT2D eigenvalue weighted by atomic mass is 10.0. The normalized spacial score (nSPS) is 24.1. The second kappa shape index (κ2) is 5.86. The Balaban J connectivity index is 1.63. The molecule has 3 nitrogen and oxygen atoms in total. The van der Waals surface area contributed by atoms with Crippen LogP contribution in [0.1, 0.15) is 32.6 Å². The number of piperazine rings is 1. The minimum atomic E-state index is 0.311. The Morgan fingerprint density at radius 1 is 1.10 bits per heavy atom. The topological polar surface area (TPSA) is 23.6 Å². The summed E-state index contributed by atoms with van der Waals surface area (Å²) in [5.74, 6) is 0.715. The zero-order chi connectivity index (χ0) is 13.9. The van der Waals surface area contributed by atoms with Crippen molar-refractivity contribution >= 4 is 11.6 Å². The summed E-state index contributed by atoms with van der Waals surface area (Å²) in [6.45, 7) is 4.91. The maximum absolute atomic E-state index is 12.5. The molecule has 1 aromatic rings. The first kappa shape index (κ1) is 13.5. The second-order valence-corrected chi connectivity index (χ2v) is 6.14. The summed E-state index contributed by atoms with van der Waals surface area (Å²) < 4.78 is 0. The van der Waals surface area contributed by atoms with E-state index in [1.807, 2.05) is 6.07 Å². The molecule has 0 radical (unpaired) electrons. The summed E-state index contributed by atoms with van der Waals surface area (Å²) in [7, 11) is 0. The van der Waals surface area contributed by atoms with E-state index in [1.54, 1.807) is 0 Å². The highest BCUT2D eigenvalue weighted by atomic mass is 16.2. The van der Waals surface area contributed by atoms with E-state index in [0.29, 0.717) is 17.9 Å². The largest absolute Gasteiger partial charge is 0.365 e. The van der Waals surface area contributed by atoms with Crippen molar-refractivity contribution in [3.8, 4) is 0 Å². The Morgan fingerprint density at radius 3 is 2.45 bits per heavy atom. The van der Waals surface area contributed by atoms with Crippen LogP contribution in [0.25, 0.3) is 0 Å². The molecule has 1 aliphatic heterocycles. The van der Waals surface area contributed by atoms with Gasteiger partial charge in [0.2, 0.25) is 5.91 Å². The number of amides is 1. The van der Waals surface area contributed by atoms with Crippen molar-refractivity contribution in [3.63, 3.8) is 0 Å². The summed E-state index contributed by atoms with van der Waals surface area (Å²) in [5, 5.41) is 0. The van der Waals surface area contributed by atoms with Crippen LogP contribution in [0.5, 0.6) is 0 Å². The van der Waals surface area contributed by atoms with Gasteiger partial charge in [-0.15, -0.1) is 0 Å². The third kappa shape index (κ3) is 2.67. The quantitative estimate of drug-likeness (QED) is 0.826. The van der Waals surface area contributed by atoms with Gasteiger partial charge in [-0.05, 0) is 31.9 Å². The molecule has 0 N–H and O–H groups in total. The lowest BCUT2D eigenvalue weighted by molar-refractivity contribution is -0.136. The Morgan fingerprint density at radius 2 is 1.80 bits per heavy atom. The number of carbonyl (C=O) groups is 1. The minimum Gasteiger partial charge on any atom is -0.365 e. The van der Waals surface area contributed by atoms with Gasteiger partial charge in [0.1, 0.15) is 0 Å². The maximum Gasteiger partial charge on any atom is 0.225 e. The van der Waals surface area contributed by atoms with Gasteiger partial charge < -0.3 is 9.80 Å². The van der Waals surface area contributed by atoms with Gasteiger partial charge in [-0.3, -0.25) is 4.79 Å². The van der Waals surface area contributed by atoms with Crippen LogP contribution in [-0.2, 0) is 4.79 Å². The summed E-state index contributed by atoms with van der Waals surface area (Å²) in [6.07, 6.45) is 4.67. The predicted octanol–water partition coefficient (Wildman–Crippen LogP) is 2.91. The van der Waals surface area contributed by atoms with Crippen LogP contribution in [0.3, 0.4) is 0 Å². The first-order chi connectivity index (χ1) is 9.75. The van der Waals surface area contributed by atoms with Crippen LogP contribution >= 0.6 is 0 Å². The van der Waals surface area contributed by atoms with Gasteiger partial charge in [0.15, 0.2) is 0 Å². The van der Waals surface area contributed by atoms with E-state index in [1.165, 1.54) is 18.5 Å². The minimum absolute atomic E-state index is 0.311. The number of benzene rings is 1.